The van der Waals surface area contributed by atoms with Crippen molar-refractivity contribution in [3.05, 3.63) is 90.0 Å². The van der Waals surface area contributed by atoms with E-state index in [1.807, 2.05) is 48.5 Å². The summed E-state index contributed by atoms with van der Waals surface area (Å²) in [6, 6.07) is 19.2. The second-order valence-corrected chi connectivity index (χ2v) is 7.80. The van der Waals surface area contributed by atoms with Gasteiger partial charge in [0, 0.05) is 24.2 Å². The van der Waals surface area contributed by atoms with Crippen LogP contribution in [0.1, 0.15) is 36.1 Å². The van der Waals surface area contributed by atoms with E-state index in [4.69, 9.17) is 0 Å². The number of carbonyl (C=O) groups is 2. The molecule has 162 valence electrons. The highest BCUT2D eigenvalue weighted by Crippen LogP contribution is 2.18. The smallest absolute Gasteiger partial charge is 0.326 e. The fourth-order valence-corrected chi connectivity index (χ4v) is 3.69. The molecule has 0 fully saturated rings. The number of hydrogen-bond acceptors (Lipinski definition) is 3. The third-order valence-electron chi connectivity index (χ3n) is 5.40. The van der Waals surface area contributed by atoms with Gasteiger partial charge in [-0.3, -0.25) is 4.79 Å². The fraction of sp³-hybridized carbons (Fsp3) is 0.320. The van der Waals surface area contributed by atoms with Gasteiger partial charge in [-0.1, -0.05) is 67.1 Å². The van der Waals surface area contributed by atoms with Crippen molar-refractivity contribution in [1.82, 2.24) is 15.3 Å². The van der Waals surface area contributed by atoms with Gasteiger partial charge in [-0.15, -0.1) is 0 Å². The van der Waals surface area contributed by atoms with Crippen LogP contribution in [-0.2, 0) is 28.9 Å². The number of imidazole rings is 1. The van der Waals surface area contributed by atoms with E-state index in [2.05, 4.69) is 27.4 Å². The van der Waals surface area contributed by atoms with Crippen molar-refractivity contribution in [1.29, 1.82) is 0 Å². The van der Waals surface area contributed by atoms with Gasteiger partial charge in [-0.2, -0.15) is 0 Å². The SMILES string of the molecule is O=C(N[C@@H](Cc1cnc[nH]1)C(=O)O)C(CCCCc1ccccc1)Cc1ccccc1. The molecule has 31 heavy (non-hydrogen) atoms. The number of carboxylic acids is 1. The first-order chi connectivity index (χ1) is 15.1. The molecule has 2 aromatic carbocycles. The Balaban J connectivity index is 1.60. The summed E-state index contributed by atoms with van der Waals surface area (Å²) in [5.41, 5.74) is 3.04. The highest BCUT2D eigenvalue weighted by Gasteiger charge is 2.26. The Morgan fingerprint density at radius 1 is 0.935 bits per heavy atom. The zero-order valence-corrected chi connectivity index (χ0v) is 17.5. The van der Waals surface area contributed by atoms with E-state index in [9.17, 15) is 14.7 Å². The Hall–Kier alpha value is -3.41. The molecule has 1 aromatic heterocycles. The number of rotatable bonds is 12. The number of H-pyrrole nitrogens is 1. The lowest BCUT2D eigenvalue weighted by molar-refractivity contribution is -0.142. The van der Waals surface area contributed by atoms with Crippen molar-refractivity contribution in [2.24, 2.45) is 5.92 Å². The molecule has 1 amide bonds. The van der Waals surface area contributed by atoms with Crippen LogP contribution >= 0.6 is 0 Å². The molecule has 3 rings (SSSR count). The zero-order chi connectivity index (χ0) is 21.9. The van der Waals surface area contributed by atoms with E-state index >= 15 is 0 Å². The number of aromatic amines is 1. The van der Waals surface area contributed by atoms with Crippen molar-refractivity contribution in [2.45, 2.75) is 44.6 Å². The molecule has 2 atom stereocenters. The summed E-state index contributed by atoms with van der Waals surface area (Å²) in [5.74, 6) is -1.54. The van der Waals surface area contributed by atoms with Gasteiger partial charge in [0.15, 0.2) is 0 Å². The third kappa shape index (κ3) is 7.41. The standard InChI is InChI=1S/C25H29N3O3/c29-24(28-23(25(30)31)16-22-17-26-18-27-22)21(15-20-12-5-2-6-13-20)14-8-7-11-19-9-3-1-4-10-19/h1-6,9-10,12-13,17-18,21,23H,7-8,11,14-16H2,(H,26,27)(H,28,29)(H,30,31)/t21?,23-/m0/s1. The maximum Gasteiger partial charge on any atom is 0.326 e. The highest BCUT2D eigenvalue weighted by atomic mass is 16.4. The second-order valence-electron chi connectivity index (χ2n) is 7.80. The van der Waals surface area contributed by atoms with Crippen LogP contribution in [0.3, 0.4) is 0 Å². The molecule has 6 nitrogen and oxygen atoms in total. The van der Waals surface area contributed by atoms with E-state index in [0.717, 1.165) is 24.8 Å². The highest BCUT2D eigenvalue weighted by molar-refractivity contribution is 5.85. The number of benzene rings is 2. The van der Waals surface area contributed by atoms with Gasteiger partial charge in [0.1, 0.15) is 6.04 Å². The molecule has 0 spiro atoms. The van der Waals surface area contributed by atoms with Gasteiger partial charge < -0.3 is 15.4 Å². The van der Waals surface area contributed by atoms with Crippen molar-refractivity contribution in [3.63, 3.8) is 0 Å². The van der Waals surface area contributed by atoms with Gasteiger partial charge in [0.2, 0.25) is 5.91 Å². The Bertz CT molecular complexity index is 927. The number of amides is 1. The van der Waals surface area contributed by atoms with E-state index in [-0.39, 0.29) is 18.2 Å². The molecule has 3 aromatic rings. The largest absolute Gasteiger partial charge is 0.480 e. The number of hydrogen-bond donors (Lipinski definition) is 3. The van der Waals surface area contributed by atoms with Gasteiger partial charge in [0.25, 0.3) is 0 Å². The summed E-state index contributed by atoms with van der Waals surface area (Å²) in [6.45, 7) is 0. The number of nitrogens with zero attached hydrogens (tertiary/aromatic N) is 1. The number of carbonyl (C=O) groups excluding carboxylic acids is 1. The lowest BCUT2D eigenvalue weighted by Crippen LogP contribution is -2.45. The number of aliphatic carboxylic acids is 1. The van der Waals surface area contributed by atoms with Crippen LogP contribution < -0.4 is 5.32 Å². The summed E-state index contributed by atoms with van der Waals surface area (Å²) in [7, 11) is 0. The first-order valence-corrected chi connectivity index (χ1v) is 10.7. The van der Waals surface area contributed by atoms with Crippen LogP contribution in [0.4, 0.5) is 0 Å². The zero-order valence-electron chi connectivity index (χ0n) is 17.5. The summed E-state index contributed by atoms with van der Waals surface area (Å²) in [6.07, 6.45) is 7.41. The molecule has 0 aliphatic carbocycles. The number of nitrogens with one attached hydrogen (secondary N) is 2. The van der Waals surface area contributed by atoms with Gasteiger partial charge in [0.05, 0.1) is 6.33 Å². The van der Waals surface area contributed by atoms with E-state index in [1.54, 1.807) is 6.20 Å². The van der Waals surface area contributed by atoms with Crippen LogP contribution in [0, 0.1) is 5.92 Å². The molecule has 3 N–H and O–H groups in total. The average Bonchev–Trinajstić information content (AvgIpc) is 3.30. The molecule has 6 heteroatoms. The second kappa shape index (κ2) is 11.7. The topological polar surface area (TPSA) is 95.1 Å². The van der Waals surface area contributed by atoms with Crippen LogP contribution in [0.2, 0.25) is 0 Å². The summed E-state index contributed by atoms with van der Waals surface area (Å²) >= 11 is 0. The first kappa shape index (κ1) is 22.3. The Kier molecular flexibility index (Phi) is 8.40. The predicted octanol–water partition coefficient (Wildman–Crippen LogP) is 3.79. The molecule has 0 radical (unpaired) electrons. The van der Waals surface area contributed by atoms with E-state index in [0.29, 0.717) is 18.5 Å². The van der Waals surface area contributed by atoms with Crippen LogP contribution in [0.25, 0.3) is 0 Å². The Morgan fingerprint density at radius 2 is 1.61 bits per heavy atom. The normalized spacial score (nSPS) is 12.8. The van der Waals surface area contributed by atoms with E-state index < -0.39 is 12.0 Å². The van der Waals surface area contributed by atoms with Crippen LogP contribution in [-0.4, -0.2) is 33.0 Å². The average molecular weight is 420 g/mol. The lowest BCUT2D eigenvalue weighted by atomic mass is 9.92. The number of aromatic nitrogens is 2. The Labute approximate surface area is 182 Å². The van der Waals surface area contributed by atoms with Crippen molar-refractivity contribution < 1.29 is 14.7 Å². The van der Waals surface area contributed by atoms with E-state index in [1.165, 1.54) is 11.9 Å². The minimum absolute atomic E-state index is 0.174. The molecule has 0 saturated carbocycles. The number of unbranched alkanes of at least 4 members (excludes halogenated alkanes) is 1. The minimum Gasteiger partial charge on any atom is -0.480 e. The minimum atomic E-state index is -1.05. The molecule has 1 heterocycles. The monoisotopic (exact) mass is 419 g/mol. The molecular weight excluding hydrogens is 390 g/mol. The van der Waals surface area contributed by atoms with Gasteiger partial charge in [-0.05, 0) is 36.8 Å². The fourth-order valence-electron chi connectivity index (χ4n) is 3.69. The van der Waals surface area contributed by atoms with Crippen LogP contribution in [0.15, 0.2) is 73.2 Å². The molecular formula is C25H29N3O3. The molecule has 1 unspecified atom stereocenters. The Morgan fingerprint density at radius 3 is 2.23 bits per heavy atom. The molecule has 0 aliphatic rings. The molecule has 0 aliphatic heterocycles. The molecule has 0 bridgehead atoms. The van der Waals surface area contributed by atoms with Crippen molar-refractivity contribution >= 4 is 11.9 Å². The van der Waals surface area contributed by atoms with Crippen molar-refractivity contribution in [3.8, 4) is 0 Å². The summed E-state index contributed by atoms with van der Waals surface area (Å²) < 4.78 is 0. The maximum atomic E-state index is 13.1. The molecule has 0 saturated heterocycles. The predicted molar refractivity (Wildman–Crippen MR) is 119 cm³/mol. The van der Waals surface area contributed by atoms with Crippen molar-refractivity contribution in [2.75, 3.05) is 0 Å². The lowest BCUT2D eigenvalue weighted by Gasteiger charge is -2.20. The first-order valence-electron chi connectivity index (χ1n) is 10.7. The van der Waals surface area contributed by atoms with Gasteiger partial charge in [-0.25, -0.2) is 9.78 Å². The maximum absolute atomic E-state index is 13.1. The third-order valence-corrected chi connectivity index (χ3v) is 5.40. The number of aryl methyl sites for hydroxylation is 1. The van der Waals surface area contributed by atoms with Crippen LogP contribution in [0.5, 0.6) is 0 Å². The summed E-state index contributed by atoms with van der Waals surface area (Å²) in [4.78, 5) is 31.6. The number of carboxylic acid groups (broad SMARTS) is 1. The quantitative estimate of drug-likeness (QED) is 0.389. The van der Waals surface area contributed by atoms with Gasteiger partial charge >= 0.3 is 5.97 Å². The summed E-state index contributed by atoms with van der Waals surface area (Å²) in [5, 5.41) is 12.3.